The third-order valence-electron chi connectivity index (χ3n) is 6.40. The van der Waals surface area contributed by atoms with Gasteiger partial charge in [0.05, 0.1) is 0 Å². The topological polar surface area (TPSA) is 55.5 Å². The van der Waals surface area contributed by atoms with Crippen LogP contribution in [0.4, 0.5) is 0 Å². The highest BCUT2D eigenvalue weighted by Gasteiger charge is 2.20. The fourth-order valence-corrected chi connectivity index (χ4v) is 4.48. The lowest BCUT2D eigenvalue weighted by Crippen LogP contribution is -2.48. The van der Waals surface area contributed by atoms with E-state index in [0.29, 0.717) is 6.04 Å². The normalized spacial score (nSPS) is 15.5. The van der Waals surface area contributed by atoms with Gasteiger partial charge in [-0.15, -0.1) is 24.0 Å². The molecule has 2 heterocycles. The van der Waals surface area contributed by atoms with Crippen LogP contribution >= 0.6 is 24.0 Å². The van der Waals surface area contributed by atoms with Crippen LogP contribution in [0.5, 0.6) is 0 Å². The zero-order valence-corrected chi connectivity index (χ0v) is 21.6. The van der Waals surface area contributed by atoms with Gasteiger partial charge < -0.3 is 15.6 Å². The number of piperidine rings is 1. The van der Waals surface area contributed by atoms with Crippen LogP contribution in [0.1, 0.15) is 36.0 Å². The van der Waals surface area contributed by atoms with Crippen molar-refractivity contribution in [1.82, 2.24) is 20.5 Å². The van der Waals surface area contributed by atoms with Crippen LogP contribution < -0.4 is 10.6 Å². The summed E-state index contributed by atoms with van der Waals surface area (Å²) in [5.41, 5.74) is 5.44. The molecule has 1 aliphatic rings. The second-order valence-corrected chi connectivity index (χ2v) is 8.58. The maximum absolute atomic E-state index is 4.44. The van der Waals surface area contributed by atoms with Gasteiger partial charge in [0.2, 0.25) is 0 Å². The summed E-state index contributed by atoms with van der Waals surface area (Å²) in [6.07, 6.45) is 6.59. The van der Waals surface area contributed by atoms with Crippen molar-refractivity contribution in [3.05, 3.63) is 71.4 Å². The fourth-order valence-electron chi connectivity index (χ4n) is 4.48. The molecular weight excluding hydrogens is 509 g/mol. The van der Waals surface area contributed by atoms with Crippen molar-refractivity contribution < 1.29 is 0 Å². The Morgan fingerprint density at radius 1 is 1.06 bits per heavy atom. The Labute approximate surface area is 209 Å². The van der Waals surface area contributed by atoms with E-state index in [4.69, 9.17) is 0 Å². The second-order valence-electron chi connectivity index (χ2n) is 8.58. The van der Waals surface area contributed by atoms with Crippen molar-refractivity contribution in [1.29, 1.82) is 0 Å². The van der Waals surface area contributed by atoms with Gasteiger partial charge in [0.1, 0.15) is 0 Å². The van der Waals surface area contributed by atoms with Crippen LogP contribution in [0.15, 0.2) is 59.7 Å². The molecule has 1 aromatic heterocycles. The number of aromatic amines is 1. The molecule has 0 atom stereocenters. The molecule has 0 spiro atoms. The Hall–Kier alpha value is -2.06. The van der Waals surface area contributed by atoms with E-state index < -0.39 is 0 Å². The number of rotatable bonds is 7. The number of para-hydroxylation sites is 1. The molecule has 4 rings (SSSR count). The number of guanidine groups is 1. The second kappa shape index (κ2) is 12.3. The Balaban J connectivity index is 0.00000289. The van der Waals surface area contributed by atoms with Crippen LogP contribution in [0.25, 0.3) is 10.9 Å². The first-order valence-electron chi connectivity index (χ1n) is 11.5. The van der Waals surface area contributed by atoms with E-state index in [9.17, 15) is 0 Å². The van der Waals surface area contributed by atoms with Gasteiger partial charge in [-0.2, -0.15) is 0 Å². The summed E-state index contributed by atoms with van der Waals surface area (Å²) in [5, 5.41) is 8.47. The molecule has 0 amide bonds. The zero-order valence-electron chi connectivity index (χ0n) is 19.2. The lowest BCUT2D eigenvalue weighted by Gasteiger charge is -2.33. The number of aromatic nitrogens is 1. The average Bonchev–Trinajstić information content (AvgIpc) is 3.21. The number of hydrogen-bond acceptors (Lipinski definition) is 2. The van der Waals surface area contributed by atoms with E-state index in [1.165, 1.54) is 27.6 Å². The molecule has 1 fully saturated rings. The number of aliphatic imine (C=N–C) groups is 1. The molecule has 0 radical (unpaired) electrons. The van der Waals surface area contributed by atoms with E-state index >= 15 is 0 Å². The zero-order chi connectivity index (χ0) is 21.5. The van der Waals surface area contributed by atoms with E-state index in [1.54, 1.807) is 0 Å². The highest BCUT2D eigenvalue weighted by atomic mass is 127. The van der Waals surface area contributed by atoms with Gasteiger partial charge >= 0.3 is 0 Å². The first-order chi connectivity index (χ1) is 15.2. The summed E-state index contributed by atoms with van der Waals surface area (Å²) in [4.78, 5) is 10.4. The lowest BCUT2D eigenvalue weighted by atomic mass is 10.0. The largest absolute Gasteiger partial charge is 0.361 e. The highest BCUT2D eigenvalue weighted by Crippen LogP contribution is 2.19. The first-order valence-corrected chi connectivity index (χ1v) is 11.5. The summed E-state index contributed by atoms with van der Waals surface area (Å²) in [7, 11) is 1.86. The van der Waals surface area contributed by atoms with Gasteiger partial charge in [-0.05, 0) is 55.4 Å². The number of halogens is 1. The minimum Gasteiger partial charge on any atom is -0.361 e. The Bertz CT molecular complexity index is 1000. The van der Waals surface area contributed by atoms with Gasteiger partial charge in [-0.3, -0.25) is 9.89 Å². The molecular formula is C26H36IN5. The molecule has 2 aromatic carbocycles. The molecule has 3 N–H and O–H groups in total. The Morgan fingerprint density at radius 3 is 2.59 bits per heavy atom. The minimum absolute atomic E-state index is 0. The molecule has 1 aliphatic heterocycles. The first kappa shape index (κ1) is 24.6. The van der Waals surface area contributed by atoms with Crippen molar-refractivity contribution >= 4 is 40.8 Å². The van der Waals surface area contributed by atoms with Gasteiger partial charge in [0, 0.05) is 56.4 Å². The predicted molar refractivity (Wildman–Crippen MR) is 146 cm³/mol. The number of benzene rings is 2. The molecule has 3 aromatic rings. The Morgan fingerprint density at radius 2 is 1.81 bits per heavy atom. The quantitative estimate of drug-likeness (QED) is 0.172. The van der Waals surface area contributed by atoms with Gasteiger partial charge in [0.25, 0.3) is 0 Å². The third kappa shape index (κ3) is 6.48. The number of aryl methyl sites for hydroxylation is 2. The smallest absolute Gasteiger partial charge is 0.191 e. The van der Waals surface area contributed by atoms with E-state index in [2.05, 4.69) is 87.2 Å². The van der Waals surface area contributed by atoms with Gasteiger partial charge in [0.15, 0.2) is 5.96 Å². The van der Waals surface area contributed by atoms with Crippen LogP contribution in [0, 0.1) is 6.92 Å². The monoisotopic (exact) mass is 545 g/mol. The minimum atomic E-state index is 0. The molecule has 0 unspecified atom stereocenters. The third-order valence-corrected chi connectivity index (χ3v) is 6.40. The number of H-pyrrole nitrogens is 1. The molecule has 1 saturated heterocycles. The summed E-state index contributed by atoms with van der Waals surface area (Å²) >= 11 is 0. The maximum atomic E-state index is 4.44. The van der Waals surface area contributed by atoms with Crippen molar-refractivity contribution in [2.45, 2.75) is 45.2 Å². The van der Waals surface area contributed by atoms with Crippen molar-refractivity contribution in [2.75, 3.05) is 26.7 Å². The molecule has 5 nitrogen and oxygen atoms in total. The van der Waals surface area contributed by atoms with Crippen molar-refractivity contribution in [2.24, 2.45) is 4.99 Å². The molecule has 172 valence electrons. The maximum Gasteiger partial charge on any atom is 0.191 e. The molecule has 0 saturated carbocycles. The van der Waals surface area contributed by atoms with Gasteiger partial charge in [-0.1, -0.05) is 42.5 Å². The number of fused-ring (bicyclic) bond motifs is 1. The molecule has 6 heteroatoms. The number of hydrogen-bond donors (Lipinski definition) is 3. The van der Waals surface area contributed by atoms with E-state index in [0.717, 1.165) is 57.8 Å². The number of likely N-dealkylation sites (tertiary alicyclic amines) is 1. The van der Waals surface area contributed by atoms with Crippen LogP contribution in [0.3, 0.4) is 0 Å². The van der Waals surface area contributed by atoms with E-state index in [1.807, 2.05) is 7.05 Å². The highest BCUT2D eigenvalue weighted by molar-refractivity contribution is 14.0. The van der Waals surface area contributed by atoms with Crippen molar-refractivity contribution in [3.8, 4) is 0 Å². The summed E-state index contributed by atoms with van der Waals surface area (Å²) < 4.78 is 0. The van der Waals surface area contributed by atoms with Crippen LogP contribution in [-0.2, 0) is 13.0 Å². The molecule has 0 bridgehead atoms. The standard InChI is InChI=1S/C26H35N5.HI/c1-20-8-3-4-9-22(20)19-31-16-13-23(14-17-31)30-26(27-2)28-15-7-10-21-18-29-25-12-6-5-11-24(21)25;/h3-6,8-9,11-12,18,23,29H,7,10,13-17,19H2,1-2H3,(H2,27,28,30);1H. The Kier molecular flexibility index (Phi) is 9.41. The predicted octanol–water partition coefficient (Wildman–Crippen LogP) is 4.86. The fraction of sp³-hybridized carbons (Fsp3) is 0.423. The summed E-state index contributed by atoms with van der Waals surface area (Å²) in [5.74, 6) is 0.927. The number of nitrogens with zero attached hydrogens (tertiary/aromatic N) is 2. The van der Waals surface area contributed by atoms with E-state index in [-0.39, 0.29) is 24.0 Å². The molecule has 32 heavy (non-hydrogen) atoms. The van der Waals surface area contributed by atoms with Crippen LogP contribution in [-0.4, -0.2) is 48.6 Å². The summed E-state index contributed by atoms with van der Waals surface area (Å²) in [6, 6.07) is 17.7. The molecule has 0 aliphatic carbocycles. The number of nitrogens with one attached hydrogen (secondary N) is 3. The van der Waals surface area contributed by atoms with Crippen LogP contribution in [0.2, 0.25) is 0 Å². The van der Waals surface area contributed by atoms with Gasteiger partial charge in [-0.25, -0.2) is 0 Å². The summed E-state index contributed by atoms with van der Waals surface area (Å²) in [6.45, 7) is 6.44. The lowest BCUT2D eigenvalue weighted by molar-refractivity contribution is 0.198. The average molecular weight is 546 g/mol. The van der Waals surface area contributed by atoms with Crippen molar-refractivity contribution in [3.63, 3.8) is 0 Å². The SMILES string of the molecule is CN=C(NCCCc1c[nH]c2ccccc12)NC1CCN(Cc2ccccc2C)CC1.I.